The zero-order chi connectivity index (χ0) is 16.2. The van der Waals surface area contributed by atoms with Gasteiger partial charge in [-0.3, -0.25) is 4.57 Å². The van der Waals surface area contributed by atoms with Gasteiger partial charge in [0, 0.05) is 19.4 Å². The van der Waals surface area contributed by atoms with Crippen LogP contribution in [0.15, 0.2) is 70.6 Å². The minimum Gasteiger partial charge on any atom is -0.456 e. The maximum absolute atomic E-state index is 12.1. The summed E-state index contributed by atoms with van der Waals surface area (Å²) < 4.78 is 9.16. The van der Waals surface area contributed by atoms with Crippen LogP contribution in [0.2, 0.25) is 0 Å². The molecule has 0 unspecified atom stereocenters. The van der Waals surface area contributed by atoms with Crippen LogP contribution in [0.25, 0.3) is 5.69 Å². The SMILES string of the molecule is CCSc1cc(-n2ccn(C)c2=O)ccc1Oc1ccccc1. The highest BCUT2D eigenvalue weighted by Gasteiger charge is 2.10. The lowest BCUT2D eigenvalue weighted by molar-refractivity contribution is 0.471. The van der Waals surface area contributed by atoms with Crippen LogP contribution in [-0.2, 0) is 7.05 Å². The molecule has 0 saturated heterocycles. The Balaban J connectivity index is 1.98. The molecule has 0 aliphatic heterocycles. The van der Waals surface area contributed by atoms with Gasteiger partial charge in [0.2, 0.25) is 0 Å². The van der Waals surface area contributed by atoms with E-state index in [0.717, 1.165) is 27.8 Å². The molecule has 0 fully saturated rings. The number of imidazole rings is 1. The van der Waals surface area contributed by atoms with Crippen LogP contribution in [-0.4, -0.2) is 14.9 Å². The second-order valence-corrected chi connectivity index (χ2v) is 6.35. The van der Waals surface area contributed by atoms with Crippen molar-refractivity contribution in [2.24, 2.45) is 7.05 Å². The van der Waals surface area contributed by atoms with E-state index < -0.39 is 0 Å². The third kappa shape index (κ3) is 3.35. The molecule has 0 aliphatic rings. The Morgan fingerprint density at radius 2 is 1.87 bits per heavy atom. The normalized spacial score (nSPS) is 10.7. The molecule has 0 bridgehead atoms. The van der Waals surface area contributed by atoms with Crippen molar-refractivity contribution in [2.75, 3.05) is 5.75 Å². The molecule has 3 aromatic rings. The van der Waals surface area contributed by atoms with E-state index >= 15 is 0 Å². The van der Waals surface area contributed by atoms with E-state index in [1.54, 1.807) is 40.3 Å². The van der Waals surface area contributed by atoms with Gasteiger partial charge in [0.05, 0.1) is 10.6 Å². The molecule has 0 aliphatic carbocycles. The van der Waals surface area contributed by atoms with E-state index in [9.17, 15) is 4.79 Å². The van der Waals surface area contributed by atoms with Crippen LogP contribution in [0.1, 0.15) is 6.92 Å². The number of ether oxygens (including phenoxy) is 1. The minimum atomic E-state index is -0.0609. The second-order valence-electron chi connectivity index (χ2n) is 5.04. The molecule has 0 radical (unpaired) electrons. The lowest BCUT2D eigenvalue weighted by atomic mass is 10.3. The minimum absolute atomic E-state index is 0.0609. The molecule has 0 N–H and O–H groups in total. The van der Waals surface area contributed by atoms with Gasteiger partial charge in [-0.2, -0.15) is 0 Å². The first-order chi connectivity index (χ1) is 11.2. The van der Waals surface area contributed by atoms with E-state index in [-0.39, 0.29) is 5.69 Å². The van der Waals surface area contributed by atoms with Gasteiger partial charge in [0.25, 0.3) is 0 Å². The fourth-order valence-corrected chi connectivity index (χ4v) is 3.04. The summed E-state index contributed by atoms with van der Waals surface area (Å²) in [6.45, 7) is 2.10. The van der Waals surface area contributed by atoms with Gasteiger partial charge in [-0.05, 0) is 36.1 Å². The van der Waals surface area contributed by atoms with Gasteiger partial charge in [-0.1, -0.05) is 25.1 Å². The zero-order valence-electron chi connectivity index (χ0n) is 13.1. The van der Waals surface area contributed by atoms with Crippen molar-refractivity contribution in [2.45, 2.75) is 11.8 Å². The lowest BCUT2D eigenvalue weighted by Gasteiger charge is -2.12. The molecule has 1 heterocycles. The van der Waals surface area contributed by atoms with E-state index in [4.69, 9.17) is 4.74 Å². The molecule has 3 rings (SSSR count). The molecule has 4 nitrogen and oxygen atoms in total. The number of para-hydroxylation sites is 1. The maximum atomic E-state index is 12.1. The van der Waals surface area contributed by atoms with E-state index in [2.05, 4.69) is 6.92 Å². The number of hydrogen-bond acceptors (Lipinski definition) is 3. The van der Waals surface area contributed by atoms with Crippen molar-refractivity contribution in [3.8, 4) is 17.2 Å². The van der Waals surface area contributed by atoms with Crippen molar-refractivity contribution in [3.63, 3.8) is 0 Å². The number of rotatable bonds is 5. The Kier molecular flexibility index (Phi) is 4.57. The smallest absolute Gasteiger partial charge is 0.332 e. The number of aryl methyl sites for hydroxylation is 1. The summed E-state index contributed by atoms with van der Waals surface area (Å²) in [4.78, 5) is 13.1. The molecule has 23 heavy (non-hydrogen) atoms. The molecule has 0 saturated carbocycles. The summed E-state index contributed by atoms with van der Waals surface area (Å²) >= 11 is 1.70. The Labute approximate surface area is 139 Å². The standard InChI is InChI=1S/C18H18N2O2S/c1-3-23-17-13-14(20-12-11-19(2)18(20)21)9-10-16(17)22-15-7-5-4-6-8-15/h4-13H,3H2,1-2H3. The molecule has 5 heteroatoms. The zero-order valence-corrected chi connectivity index (χ0v) is 13.9. The first kappa shape index (κ1) is 15.5. The summed E-state index contributed by atoms with van der Waals surface area (Å²) in [6, 6.07) is 15.5. The van der Waals surface area contributed by atoms with Gasteiger partial charge in [0.15, 0.2) is 0 Å². The fourth-order valence-electron chi connectivity index (χ4n) is 2.28. The largest absolute Gasteiger partial charge is 0.456 e. The molecule has 0 amide bonds. The predicted octanol–water partition coefficient (Wildman–Crippen LogP) is 4.08. The van der Waals surface area contributed by atoms with Gasteiger partial charge in [-0.15, -0.1) is 11.8 Å². The Hall–Kier alpha value is -2.40. The molecule has 0 spiro atoms. The summed E-state index contributed by atoms with van der Waals surface area (Å²) in [7, 11) is 1.74. The molecule has 0 atom stereocenters. The number of aromatic nitrogens is 2. The summed E-state index contributed by atoms with van der Waals surface area (Å²) in [5, 5.41) is 0. The molecular formula is C18H18N2O2S. The average Bonchev–Trinajstić information content (AvgIpc) is 2.90. The monoisotopic (exact) mass is 326 g/mol. The van der Waals surface area contributed by atoms with Crippen LogP contribution in [0.3, 0.4) is 0 Å². The van der Waals surface area contributed by atoms with Crippen molar-refractivity contribution < 1.29 is 4.74 Å². The van der Waals surface area contributed by atoms with E-state index in [1.165, 1.54) is 0 Å². The van der Waals surface area contributed by atoms with Crippen molar-refractivity contribution in [1.29, 1.82) is 0 Å². The molecule has 2 aromatic carbocycles. The molecule has 1 aromatic heterocycles. The van der Waals surface area contributed by atoms with Crippen LogP contribution in [0.5, 0.6) is 11.5 Å². The first-order valence-corrected chi connectivity index (χ1v) is 8.41. The van der Waals surface area contributed by atoms with Crippen molar-refractivity contribution >= 4 is 11.8 Å². The number of benzene rings is 2. The average molecular weight is 326 g/mol. The van der Waals surface area contributed by atoms with E-state index in [0.29, 0.717) is 0 Å². The van der Waals surface area contributed by atoms with Gasteiger partial charge < -0.3 is 9.30 Å². The number of thioether (sulfide) groups is 1. The Morgan fingerprint density at radius 1 is 1.09 bits per heavy atom. The van der Waals surface area contributed by atoms with Gasteiger partial charge >= 0.3 is 5.69 Å². The van der Waals surface area contributed by atoms with Crippen molar-refractivity contribution in [1.82, 2.24) is 9.13 Å². The van der Waals surface area contributed by atoms with Crippen LogP contribution in [0.4, 0.5) is 0 Å². The number of nitrogens with zero attached hydrogens (tertiary/aromatic N) is 2. The summed E-state index contributed by atoms with van der Waals surface area (Å²) in [5.74, 6) is 2.53. The first-order valence-electron chi connectivity index (χ1n) is 7.43. The Morgan fingerprint density at radius 3 is 2.52 bits per heavy atom. The Bertz CT molecular complexity index is 853. The highest BCUT2D eigenvalue weighted by Crippen LogP contribution is 2.34. The quantitative estimate of drug-likeness (QED) is 0.663. The highest BCUT2D eigenvalue weighted by molar-refractivity contribution is 7.99. The summed E-state index contributed by atoms with van der Waals surface area (Å²) in [5.41, 5.74) is 0.779. The number of hydrogen-bond donors (Lipinski definition) is 0. The van der Waals surface area contributed by atoms with Crippen LogP contribution in [0, 0.1) is 0 Å². The second kappa shape index (κ2) is 6.79. The van der Waals surface area contributed by atoms with Crippen molar-refractivity contribution in [3.05, 3.63) is 71.4 Å². The third-order valence-corrected chi connectivity index (χ3v) is 4.34. The predicted molar refractivity (Wildman–Crippen MR) is 93.9 cm³/mol. The van der Waals surface area contributed by atoms with Gasteiger partial charge in [0.1, 0.15) is 11.5 Å². The fraction of sp³-hybridized carbons (Fsp3) is 0.167. The molecule has 118 valence electrons. The van der Waals surface area contributed by atoms with E-state index in [1.807, 2.05) is 48.5 Å². The maximum Gasteiger partial charge on any atom is 0.332 e. The van der Waals surface area contributed by atoms with Crippen LogP contribution < -0.4 is 10.4 Å². The summed E-state index contributed by atoms with van der Waals surface area (Å²) in [6.07, 6.45) is 3.53. The topological polar surface area (TPSA) is 36.2 Å². The highest BCUT2D eigenvalue weighted by atomic mass is 32.2. The van der Waals surface area contributed by atoms with Crippen LogP contribution >= 0.6 is 11.8 Å². The van der Waals surface area contributed by atoms with Gasteiger partial charge in [-0.25, -0.2) is 4.79 Å². The molecular weight excluding hydrogens is 308 g/mol. The lowest BCUT2D eigenvalue weighted by Crippen LogP contribution is -2.20. The third-order valence-electron chi connectivity index (χ3n) is 3.42.